The van der Waals surface area contributed by atoms with Gasteiger partial charge in [0, 0.05) is 6.07 Å². The van der Waals surface area contributed by atoms with Gasteiger partial charge in [-0.25, -0.2) is 14.0 Å². The highest BCUT2D eigenvalue weighted by molar-refractivity contribution is 7.14. The third kappa shape index (κ3) is 0.974. The van der Waals surface area contributed by atoms with Gasteiger partial charge in [0.15, 0.2) is 0 Å². The van der Waals surface area contributed by atoms with E-state index >= 15 is 0 Å². The summed E-state index contributed by atoms with van der Waals surface area (Å²) in [5.74, 6) is 0. The van der Waals surface area contributed by atoms with Crippen LogP contribution in [-0.2, 0) is 0 Å². The Hall–Kier alpha value is -2.15. The van der Waals surface area contributed by atoms with Crippen LogP contribution in [0.25, 0.3) is 22.1 Å². The molecule has 0 aliphatic heterocycles. The normalized spacial score (nSPS) is 11.8. The third-order valence-electron chi connectivity index (χ3n) is 2.34. The van der Waals surface area contributed by atoms with E-state index in [-0.39, 0.29) is 0 Å². The van der Waals surface area contributed by atoms with Gasteiger partial charge in [-0.2, -0.15) is 10.2 Å². The van der Waals surface area contributed by atoms with Crippen molar-refractivity contribution < 1.29 is 4.42 Å². The molecule has 0 radical (unpaired) electrons. The fraction of sp³-hybridized carbons (Fsp3) is 0. The predicted molar refractivity (Wildman–Crippen MR) is 57.3 cm³/mol. The van der Waals surface area contributed by atoms with E-state index in [1.54, 1.807) is 27.0 Å². The molecule has 0 spiro atoms. The zero-order valence-electron chi connectivity index (χ0n) is 7.94. The minimum atomic E-state index is 0.708. The summed E-state index contributed by atoms with van der Waals surface area (Å²) in [6.07, 6.45) is 5.21. The summed E-state index contributed by atoms with van der Waals surface area (Å²) in [4.78, 5) is 5.28. The van der Waals surface area contributed by atoms with Gasteiger partial charge in [0.1, 0.15) is 23.2 Å². The van der Waals surface area contributed by atoms with Gasteiger partial charge in [0.25, 0.3) is 0 Å². The number of oxazole rings is 1. The SMILES string of the molecule is c1cn2nc(-c3cn4ncsc4n3)cc2o1. The van der Waals surface area contributed by atoms with E-state index in [0.29, 0.717) is 5.71 Å². The van der Waals surface area contributed by atoms with Crippen LogP contribution in [0.1, 0.15) is 0 Å². The summed E-state index contributed by atoms with van der Waals surface area (Å²) in [6.45, 7) is 0. The molecule has 16 heavy (non-hydrogen) atoms. The molecule has 4 rings (SSSR count). The van der Waals surface area contributed by atoms with Crippen LogP contribution in [0.4, 0.5) is 0 Å². The molecule has 0 atom stereocenters. The lowest BCUT2D eigenvalue weighted by atomic mass is 10.3. The van der Waals surface area contributed by atoms with E-state index in [0.717, 1.165) is 16.3 Å². The molecule has 0 saturated carbocycles. The second-order valence-electron chi connectivity index (χ2n) is 3.31. The molecule has 6 nitrogen and oxygen atoms in total. The Bertz CT molecular complexity index is 652. The van der Waals surface area contributed by atoms with Gasteiger partial charge in [-0.1, -0.05) is 11.3 Å². The molecule has 4 aromatic heterocycles. The molecule has 0 aliphatic carbocycles. The van der Waals surface area contributed by atoms with Crippen LogP contribution in [-0.4, -0.2) is 24.2 Å². The maximum Gasteiger partial charge on any atom is 0.221 e. The molecule has 4 heterocycles. The topological polar surface area (TPSA) is 60.6 Å². The lowest BCUT2D eigenvalue weighted by molar-refractivity contribution is 0.606. The van der Waals surface area contributed by atoms with E-state index < -0.39 is 0 Å². The molecular formula is C9H5N5OS. The first kappa shape index (κ1) is 8.05. The number of imidazole rings is 1. The maximum absolute atomic E-state index is 5.23. The average molecular weight is 231 g/mol. The Morgan fingerprint density at radius 1 is 1.25 bits per heavy atom. The monoisotopic (exact) mass is 231 g/mol. The maximum atomic E-state index is 5.23. The van der Waals surface area contributed by atoms with Crippen LogP contribution in [0.3, 0.4) is 0 Å². The van der Waals surface area contributed by atoms with Gasteiger partial charge in [0.05, 0.1) is 12.4 Å². The second kappa shape index (κ2) is 2.70. The zero-order chi connectivity index (χ0) is 10.5. The molecule has 0 N–H and O–H groups in total. The Morgan fingerprint density at radius 2 is 2.25 bits per heavy atom. The number of hydrogen-bond acceptors (Lipinski definition) is 5. The molecule has 0 saturated heterocycles. The highest BCUT2D eigenvalue weighted by Gasteiger charge is 2.11. The van der Waals surface area contributed by atoms with E-state index in [4.69, 9.17) is 4.42 Å². The van der Waals surface area contributed by atoms with Crippen LogP contribution >= 0.6 is 11.3 Å². The zero-order valence-corrected chi connectivity index (χ0v) is 8.76. The molecule has 7 heteroatoms. The summed E-state index contributed by atoms with van der Waals surface area (Å²) in [5, 5.41) is 8.46. The van der Waals surface area contributed by atoms with Gasteiger partial charge in [-0.3, -0.25) is 0 Å². The minimum Gasteiger partial charge on any atom is -0.445 e. The van der Waals surface area contributed by atoms with Gasteiger partial charge in [-0.15, -0.1) is 0 Å². The van der Waals surface area contributed by atoms with Crippen molar-refractivity contribution in [1.82, 2.24) is 24.2 Å². The summed E-state index contributed by atoms with van der Waals surface area (Å²) in [7, 11) is 0. The molecule has 0 unspecified atom stereocenters. The van der Waals surface area contributed by atoms with E-state index in [9.17, 15) is 0 Å². The van der Waals surface area contributed by atoms with E-state index in [1.165, 1.54) is 11.3 Å². The first-order chi connectivity index (χ1) is 7.90. The van der Waals surface area contributed by atoms with Gasteiger partial charge in [-0.05, 0) is 0 Å². The highest BCUT2D eigenvalue weighted by atomic mass is 32.1. The van der Waals surface area contributed by atoms with Crippen molar-refractivity contribution in [2.75, 3.05) is 0 Å². The Labute approximate surface area is 92.8 Å². The summed E-state index contributed by atoms with van der Waals surface area (Å²) < 4.78 is 8.64. The van der Waals surface area contributed by atoms with E-state index in [2.05, 4.69) is 15.2 Å². The fourth-order valence-corrected chi connectivity index (χ4v) is 2.22. The molecule has 0 amide bonds. The largest absolute Gasteiger partial charge is 0.445 e. The number of hydrogen-bond donors (Lipinski definition) is 0. The van der Waals surface area contributed by atoms with Crippen molar-refractivity contribution in [3.63, 3.8) is 0 Å². The number of aromatic nitrogens is 5. The van der Waals surface area contributed by atoms with Crippen molar-refractivity contribution in [3.8, 4) is 11.4 Å². The number of nitrogens with zero attached hydrogens (tertiary/aromatic N) is 5. The molecule has 0 aromatic carbocycles. The summed E-state index contributed by atoms with van der Waals surface area (Å²) >= 11 is 1.49. The summed E-state index contributed by atoms with van der Waals surface area (Å²) in [5.41, 5.74) is 4.06. The van der Waals surface area contributed by atoms with Gasteiger partial charge >= 0.3 is 0 Å². The molecule has 0 bridgehead atoms. The minimum absolute atomic E-state index is 0.708. The predicted octanol–water partition coefficient (Wildman–Crippen LogP) is 1.70. The van der Waals surface area contributed by atoms with Gasteiger partial charge < -0.3 is 4.42 Å². The lowest BCUT2D eigenvalue weighted by Crippen LogP contribution is -1.82. The van der Waals surface area contributed by atoms with Crippen molar-refractivity contribution in [1.29, 1.82) is 0 Å². The van der Waals surface area contributed by atoms with Gasteiger partial charge in [0.2, 0.25) is 10.7 Å². The van der Waals surface area contributed by atoms with E-state index in [1.807, 2.05) is 12.3 Å². The summed E-state index contributed by atoms with van der Waals surface area (Å²) in [6, 6.07) is 1.85. The van der Waals surface area contributed by atoms with Crippen LogP contribution in [0, 0.1) is 0 Å². The van der Waals surface area contributed by atoms with Crippen LogP contribution < -0.4 is 0 Å². The fourth-order valence-electron chi connectivity index (χ4n) is 1.62. The van der Waals surface area contributed by atoms with Crippen LogP contribution in [0.2, 0.25) is 0 Å². The molecule has 0 aliphatic rings. The lowest BCUT2D eigenvalue weighted by Gasteiger charge is -1.84. The smallest absolute Gasteiger partial charge is 0.221 e. The Kier molecular flexibility index (Phi) is 1.36. The molecule has 4 aromatic rings. The number of rotatable bonds is 1. The average Bonchev–Trinajstić information content (AvgIpc) is 2.94. The molecule has 0 fully saturated rings. The Balaban J connectivity index is 1.96. The van der Waals surface area contributed by atoms with Crippen LogP contribution in [0.15, 0.2) is 34.7 Å². The number of fused-ring (bicyclic) bond motifs is 2. The second-order valence-corrected chi connectivity index (χ2v) is 4.12. The first-order valence-corrected chi connectivity index (χ1v) is 5.50. The molecular weight excluding hydrogens is 226 g/mol. The quantitative estimate of drug-likeness (QED) is 0.500. The Morgan fingerprint density at radius 3 is 3.12 bits per heavy atom. The van der Waals surface area contributed by atoms with Crippen molar-refractivity contribution in [2.24, 2.45) is 0 Å². The van der Waals surface area contributed by atoms with Crippen molar-refractivity contribution in [3.05, 3.63) is 30.2 Å². The molecule has 78 valence electrons. The third-order valence-corrected chi connectivity index (χ3v) is 3.03. The van der Waals surface area contributed by atoms with Crippen LogP contribution in [0.5, 0.6) is 0 Å². The van der Waals surface area contributed by atoms with Crippen molar-refractivity contribution in [2.45, 2.75) is 0 Å². The first-order valence-electron chi connectivity index (χ1n) is 4.62. The highest BCUT2D eigenvalue weighted by Crippen LogP contribution is 2.20. The standard InChI is InChI=1S/C9H5N5OS/c1-2-15-8-3-6(12-13(1)8)7-4-14-9(11-7)16-5-10-14/h1-5H. The van der Waals surface area contributed by atoms with Crippen molar-refractivity contribution >= 4 is 22.0 Å².